The molecule has 0 spiro atoms. The van der Waals surface area contributed by atoms with E-state index in [0.29, 0.717) is 5.92 Å². The predicted octanol–water partition coefficient (Wildman–Crippen LogP) is 1.18. The zero-order valence-electron chi connectivity index (χ0n) is 8.28. The van der Waals surface area contributed by atoms with Gasteiger partial charge in [-0.1, -0.05) is 12.1 Å². The van der Waals surface area contributed by atoms with Crippen LogP contribution in [0.4, 0.5) is 4.39 Å². The van der Waals surface area contributed by atoms with E-state index in [0.717, 1.165) is 18.7 Å². The molecule has 0 saturated carbocycles. The molecule has 1 fully saturated rings. The first-order valence-electron chi connectivity index (χ1n) is 4.86. The highest BCUT2D eigenvalue weighted by Gasteiger charge is 2.28. The lowest BCUT2D eigenvalue weighted by atomic mass is 9.95. The first-order chi connectivity index (χ1) is 6.66. The number of hydrogen-bond donors (Lipinski definition) is 1. The van der Waals surface area contributed by atoms with Gasteiger partial charge in [0.1, 0.15) is 5.82 Å². The average molecular weight is 194 g/mol. The number of halogens is 1. The third-order valence-electron chi connectivity index (χ3n) is 2.85. The zero-order chi connectivity index (χ0) is 10.1. The third-order valence-corrected chi connectivity index (χ3v) is 2.85. The standard InChI is InChI=1S/C11H15FN2/c1-14-6-10(11(13)7-14)8-2-4-9(12)5-3-8/h2-5,10-11H,6-7,13H2,1H3/t10-,11+/m0/s1. The van der Waals surface area contributed by atoms with Crippen molar-refractivity contribution in [3.05, 3.63) is 35.6 Å². The normalized spacial score (nSPS) is 28.2. The third kappa shape index (κ3) is 1.79. The molecule has 1 aliphatic heterocycles. The number of likely N-dealkylation sites (tertiary alicyclic amines) is 1. The van der Waals surface area contributed by atoms with E-state index in [1.807, 2.05) is 12.1 Å². The Kier molecular flexibility index (Phi) is 2.52. The molecule has 2 rings (SSSR count). The number of hydrogen-bond acceptors (Lipinski definition) is 2. The fraction of sp³-hybridized carbons (Fsp3) is 0.455. The van der Waals surface area contributed by atoms with Crippen molar-refractivity contribution in [1.29, 1.82) is 0 Å². The molecule has 14 heavy (non-hydrogen) atoms. The van der Waals surface area contributed by atoms with Gasteiger partial charge in [0.2, 0.25) is 0 Å². The van der Waals surface area contributed by atoms with E-state index in [1.54, 1.807) is 0 Å². The van der Waals surface area contributed by atoms with Crippen LogP contribution >= 0.6 is 0 Å². The summed E-state index contributed by atoms with van der Waals surface area (Å²) in [6.07, 6.45) is 0. The van der Waals surface area contributed by atoms with Crippen molar-refractivity contribution in [3.8, 4) is 0 Å². The second-order valence-electron chi connectivity index (χ2n) is 4.04. The molecule has 1 aromatic carbocycles. The Bertz CT molecular complexity index is 310. The summed E-state index contributed by atoms with van der Waals surface area (Å²) >= 11 is 0. The summed E-state index contributed by atoms with van der Waals surface area (Å²) in [6.45, 7) is 1.88. The number of rotatable bonds is 1. The molecule has 1 heterocycles. The Morgan fingerprint density at radius 1 is 1.29 bits per heavy atom. The van der Waals surface area contributed by atoms with Gasteiger partial charge in [-0.25, -0.2) is 4.39 Å². The second kappa shape index (κ2) is 3.67. The van der Waals surface area contributed by atoms with Gasteiger partial charge in [0.15, 0.2) is 0 Å². The Balaban J connectivity index is 2.19. The molecule has 0 aliphatic carbocycles. The van der Waals surface area contributed by atoms with E-state index in [1.165, 1.54) is 12.1 Å². The van der Waals surface area contributed by atoms with Crippen LogP contribution in [0.3, 0.4) is 0 Å². The largest absolute Gasteiger partial charge is 0.326 e. The highest BCUT2D eigenvalue weighted by Crippen LogP contribution is 2.25. The minimum absolute atomic E-state index is 0.172. The monoisotopic (exact) mass is 194 g/mol. The van der Waals surface area contributed by atoms with Gasteiger partial charge in [0, 0.05) is 25.0 Å². The van der Waals surface area contributed by atoms with Crippen LogP contribution < -0.4 is 5.73 Å². The van der Waals surface area contributed by atoms with Crippen LogP contribution in [0.2, 0.25) is 0 Å². The van der Waals surface area contributed by atoms with Crippen LogP contribution in [0.15, 0.2) is 24.3 Å². The maximum Gasteiger partial charge on any atom is 0.123 e. The molecule has 2 nitrogen and oxygen atoms in total. The molecular formula is C11H15FN2. The maximum atomic E-state index is 12.7. The van der Waals surface area contributed by atoms with E-state index in [-0.39, 0.29) is 11.9 Å². The minimum atomic E-state index is -0.186. The fourth-order valence-corrected chi connectivity index (χ4v) is 2.10. The van der Waals surface area contributed by atoms with Crippen molar-refractivity contribution in [1.82, 2.24) is 4.90 Å². The summed E-state index contributed by atoms with van der Waals surface area (Å²) in [4.78, 5) is 2.21. The van der Waals surface area contributed by atoms with Gasteiger partial charge >= 0.3 is 0 Å². The number of nitrogens with two attached hydrogens (primary N) is 1. The molecule has 2 N–H and O–H groups in total. The Morgan fingerprint density at radius 3 is 2.43 bits per heavy atom. The Morgan fingerprint density at radius 2 is 1.93 bits per heavy atom. The highest BCUT2D eigenvalue weighted by molar-refractivity contribution is 5.24. The summed E-state index contributed by atoms with van der Waals surface area (Å²) in [7, 11) is 2.06. The van der Waals surface area contributed by atoms with Crippen LogP contribution in [0.5, 0.6) is 0 Å². The molecule has 3 heteroatoms. The first-order valence-corrected chi connectivity index (χ1v) is 4.86. The topological polar surface area (TPSA) is 29.3 Å². The van der Waals surface area contributed by atoms with Crippen LogP contribution in [-0.2, 0) is 0 Å². The van der Waals surface area contributed by atoms with Crippen molar-refractivity contribution < 1.29 is 4.39 Å². The molecule has 0 amide bonds. The Hall–Kier alpha value is -0.930. The zero-order valence-corrected chi connectivity index (χ0v) is 8.28. The smallest absolute Gasteiger partial charge is 0.123 e. The van der Waals surface area contributed by atoms with E-state index in [9.17, 15) is 4.39 Å². The van der Waals surface area contributed by atoms with Crippen molar-refractivity contribution >= 4 is 0 Å². The molecule has 0 bridgehead atoms. The lowest BCUT2D eigenvalue weighted by molar-refractivity contribution is 0.407. The molecule has 0 unspecified atom stereocenters. The number of benzene rings is 1. The molecule has 1 aliphatic rings. The molecule has 76 valence electrons. The molecule has 1 aromatic rings. The minimum Gasteiger partial charge on any atom is -0.326 e. The van der Waals surface area contributed by atoms with E-state index >= 15 is 0 Å². The van der Waals surface area contributed by atoms with E-state index in [2.05, 4.69) is 11.9 Å². The summed E-state index contributed by atoms with van der Waals surface area (Å²) < 4.78 is 12.7. The van der Waals surface area contributed by atoms with Gasteiger partial charge in [-0.15, -0.1) is 0 Å². The van der Waals surface area contributed by atoms with Gasteiger partial charge in [-0.05, 0) is 24.7 Å². The maximum absolute atomic E-state index is 12.7. The van der Waals surface area contributed by atoms with Gasteiger partial charge in [0.25, 0.3) is 0 Å². The van der Waals surface area contributed by atoms with Gasteiger partial charge in [0.05, 0.1) is 0 Å². The lowest BCUT2D eigenvalue weighted by Gasteiger charge is -2.14. The summed E-state index contributed by atoms with van der Waals surface area (Å²) in [5, 5.41) is 0. The molecular weight excluding hydrogens is 179 g/mol. The second-order valence-corrected chi connectivity index (χ2v) is 4.04. The molecule has 1 saturated heterocycles. The fourth-order valence-electron chi connectivity index (χ4n) is 2.10. The molecule has 0 aromatic heterocycles. The molecule has 0 radical (unpaired) electrons. The van der Waals surface area contributed by atoms with E-state index < -0.39 is 0 Å². The van der Waals surface area contributed by atoms with E-state index in [4.69, 9.17) is 5.73 Å². The summed E-state index contributed by atoms with van der Waals surface area (Å²) in [5.41, 5.74) is 7.15. The first kappa shape index (κ1) is 9.62. The van der Waals surface area contributed by atoms with Gasteiger partial charge < -0.3 is 10.6 Å². The van der Waals surface area contributed by atoms with Gasteiger partial charge in [-0.3, -0.25) is 0 Å². The number of likely N-dealkylation sites (N-methyl/N-ethyl adjacent to an activating group) is 1. The lowest BCUT2D eigenvalue weighted by Crippen LogP contribution is -2.27. The SMILES string of the molecule is CN1C[C@@H](N)[C@H](c2ccc(F)cc2)C1. The molecule has 2 atom stereocenters. The average Bonchev–Trinajstić information content (AvgIpc) is 2.47. The van der Waals surface area contributed by atoms with Crippen LogP contribution in [-0.4, -0.2) is 31.1 Å². The van der Waals surface area contributed by atoms with Crippen molar-refractivity contribution in [2.24, 2.45) is 5.73 Å². The van der Waals surface area contributed by atoms with Crippen molar-refractivity contribution in [2.45, 2.75) is 12.0 Å². The highest BCUT2D eigenvalue weighted by atomic mass is 19.1. The summed E-state index contributed by atoms with van der Waals surface area (Å²) in [5.74, 6) is 0.161. The quantitative estimate of drug-likeness (QED) is 0.727. The van der Waals surface area contributed by atoms with Crippen LogP contribution in [0, 0.1) is 5.82 Å². The predicted molar refractivity (Wildman–Crippen MR) is 54.6 cm³/mol. The van der Waals surface area contributed by atoms with Crippen LogP contribution in [0.1, 0.15) is 11.5 Å². The van der Waals surface area contributed by atoms with Gasteiger partial charge in [-0.2, -0.15) is 0 Å². The van der Waals surface area contributed by atoms with Crippen molar-refractivity contribution in [2.75, 3.05) is 20.1 Å². The van der Waals surface area contributed by atoms with Crippen molar-refractivity contribution in [3.63, 3.8) is 0 Å². The Labute approximate surface area is 83.5 Å². The number of nitrogens with zero attached hydrogens (tertiary/aromatic N) is 1. The van der Waals surface area contributed by atoms with Crippen LogP contribution in [0.25, 0.3) is 0 Å². The summed E-state index contributed by atoms with van der Waals surface area (Å²) in [6, 6.07) is 6.84.